The Kier molecular flexibility index (Phi) is 8.46. The molecule has 1 aliphatic carbocycles. The van der Waals surface area contributed by atoms with E-state index in [9.17, 15) is 13.2 Å². The van der Waals surface area contributed by atoms with Crippen LogP contribution in [0.3, 0.4) is 0 Å². The number of amides is 1. The van der Waals surface area contributed by atoms with Gasteiger partial charge in [-0.05, 0) is 67.0 Å². The second-order valence-electron chi connectivity index (χ2n) is 10.8. The van der Waals surface area contributed by atoms with Crippen LogP contribution in [-0.4, -0.2) is 30.1 Å². The molecule has 7 heteroatoms. The molecule has 1 unspecified atom stereocenters. The summed E-state index contributed by atoms with van der Waals surface area (Å²) in [6.45, 7) is 1.28. The van der Waals surface area contributed by atoms with Gasteiger partial charge in [-0.3, -0.25) is 4.79 Å². The first kappa shape index (κ1) is 27.1. The maximum Gasteiger partial charge on any atom is 0.223 e. The van der Waals surface area contributed by atoms with Crippen LogP contribution in [0.2, 0.25) is 0 Å². The fourth-order valence-electron chi connectivity index (χ4n) is 5.90. The number of hydrogen-bond donors (Lipinski definition) is 1. The van der Waals surface area contributed by atoms with E-state index >= 15 is 0 Å². The molecule has 1 fully saturated rings. The highest BCUT2D eigenvalue weighted by atomic mass is 32.2. The van der Waals surface area contributed by atoms with Crippen LogP contribution in [-0.2, 0) is 27.7 Å². The van der Waals surface area contributed by atoms with Crippen molar-refractivity contribution in [1.82, 2.24) is 14.9 Å². The van der Waals surface area contributed by atoms with Crippen molar-refractivity contribution in [2.75, 3.05) is 6.26 Å². The van der Waals surface area contributed by atoms with E-state index in [1.165, 1.54) is 30.2 Å². The van der Waals surface area contributed by atoms with Crippen molar-refractivity contribution >= 4 is 26.8 Å². The molecule has 39 heavy (non-hydrogen) atoms. The number of carbonyl (C=O) groups is 1. The maximum atomic E-state index is 13.3. The Morgan fingerprint density at radius 3 is 2.46 bits per heavy atom. The SMILES string of the molecule is CS(=O)(=O)c1ccc(CNC(=O)C(CCCCn2cc(-c3ccccc3)c3cccnc32)C2CCCC2)cc1. The number of rotatable bonds is 11. The number of benzene rings is 2. The number of aryl methyl sites for hydroxylation is 1. The van der Waals surface area contributed by atoms with E-state index in [0.29, 0.717) is 17.4 Å². The largest absolute Gasteiger partial charge is 0.352 e. The summed E-state index contributed by atoms with van der Waals surface area (Å²) in [6.07, 6.45) is 12.7. The third-order valence-corrected chi connectivity index (χ3v) is 9.14. The Bertz CT molecular complexity index is 1510. The minimum absolute atomic E-state index is 0.0159. The highest BCUT2D eigenvalue weighted by molar-refractivity contribution is 7.90. The molecule has 0 aliphatic heterocycles. The molecule has 5 rings (SSSR count). The maximum absolute atomic E-state index is 13.3. The number of carbonyl (C=O) groups excluding carboxylic acids is 1. The van der Waals surface area contributed by atoms with Crippen LogP contribution in [0, 0.1) is 11.8 Å². The molecule has 2 aromatic carbocycles. The second kappa shape index (κ2) is 12.2. The number of hydrogen-bond acceptors (Lipinski definition) is 4. The summed E-state index contributed by atoms with van der Waals surface area (Å²) in [5.74, 6) is 0.576. The molecule has 4 aromatic rings. The summed E-state index contributed by atoms with van der Waals surface area (Å²) in [4.78, 5) is 18.3. The number of fused-ring (bicyclic) bond motifs is 1. The first-order valence-electron chi connectivity index (χ1n) is 14.0. The van der Waals surface area contributed by atoms with Crippen molar-refractivity contribution in [3.05, 3.63) is 84.7 Å². The summed E-state index contributed by atoms with van der Waals surface area (Å²) >= 11 is 0. The zero-order chi connectivity index (χ0) is 27.2. The Hall–Kier alpha value is -3.45. The molecule has 6 nitrogen and oxygen atoms in total. The van der Waals surface area contributed by atoms with Gasteiger partial charge in [0, 0.05) is 48.6 Å². The van der Waals surface area contributed by atoms with Crippen LogP contribution in [0.4, 0.5) is 0 Å². The molecule has 0 bridgehead atoms. The van der Waals surface area contributed by atoms with Crippen molar-refractivity contribution < 1.29 is 13.2 Å². The first-order chi connectivity index (χ1) is 18.9. The molecule has 204 valence electrons. The van der Waals surface area contributed by atoms with Crippen LogP contribution >= 0.6 is 0 Å². The number of unbranched alkanes of at least 4 members (excludes halogenated alkanes) is 1. The fraction of sp³-hybridized carbons (Fsp3) is 0.375. The molecular weight excluding hydrogens is 506 g/mol. The van der Waals surface area contributed by atoms with E-state index < -0.39 is 9.84 Å². The predicted molar refractivity (Wildman–Crippen MR) is 156 cm³/mol. The third-order valence-electron chi connectivity index (χ3n) is 8.01. The van der Waals surface area contributed by atoms with Crippen molar-refractivity contribution in [2.24, 2.45) is 11.8 Å². The zero-order valence-electron chi connectivity index (χ0n) is 22.6. The monoisotopic (exact) mass is 543 g/mol. The van der Waals surface area contributed by atoms with Gasteiger partial charge in [-0.1, -0.05) is 61.7 Å². The number of aromatic nitrogens is 2. The molecule has 1 amide bonds. The van der Waals surface area contributed by atoms with E-state index in [0.717, 1.165) is 55.2 Å². The first-order valence-corrected chi connectivity index (χ1v) is 15.9. The smallest absolute Gasteiger partial charge is 0.223 e. The van der Waals surface area contributed by atoms with Gasteiger partial charge >= 0.3 is 0 Å². The lowest BCUT2D eigenvalue weighted by Gasteiger charge is -2.23. The van der Waals surface area contributed by atoms with Gasteiger partial charge < -0.3 is 9.88 Å². The summed E-state index contributed by atoms with van der Waals surface area (Å²) < 4.78 is 25.7. The molecule has 0 radical (unpaired) electrons. The molecule has 2 heterocycles. The Morgan fingerprint density at radius 2 is 1.74 bits per heavy atom. The van der Waals surface area contributed by atoms with Gasteiger partial charge in [-0.15, -0.1) is 0 Å². The molecule has 1 N–H and O–H groups in total. The van der Waals surface area contributed by atoms with Gasteiger partial charge in [-0.25, -0.2) is 13.4 Å². The zero-order valence-corrected chi connectivity index (χ0v) is 23.4. The Balaban J connectivity index is 1.20. The van der Waals surface area contributed by atoms with Crippen LogP contribution in [0.15, 0.2) is 84.0 Å². The molecule has 1 atom stereocenters. The fourth-order valence-corrected chi connectivity index (χ4v) is 6.53. The van der Waals surface area contributed by atoms with Gasteiger partial charge in [-0.2, -0.15) is 0 Å². The average molecular weight is 544 g/mol. The summed E-state index contributed by atoms with van der Waals surface area (Å²) in [6, 6.07) is 21.3. The van der Waals surface area contributed by atoms with Gasteiger partial charge in [0.05, 0.1) is 4.90 Å². The van der Waals surface area contributed by atoms with E-state index in [1.807, 2.05) is 18.3 Å². The third kappa shape index (κ3) is 6.59. The van der Waals surface area contributed by atoms with Crippen LogP contribution in [0.5, 0.6) is 0 Å². The lowest BCUT2D eigenvalue weighted by atomic mass is 9.86. The van der Waals surface area contributed by atoms with E-state index in [4.69, 9.17) is 0 Å². The van der Waals surface area contributed by atoms with Crippen LogP contribution in [0.25, 0.3) is 22.2 Å². The molecule has 0 spiro atoms. The predicted octanol–water partition coefficient (Wildman–Crippen LogP) is 6.40. The van der Waals surface area contributed by atoms with Gasteiger partial charge in [0.2, 0.25) is 5.91 Å². The van der Waals surface area contributed by atoms with E-state index in [1.54, 1.807) is 24.3 Å². The molecule has 0 saturated heterocycles. The van der Waals surface area contributed by atoms with E-state index in [2.05, 4.69) is 51.4 Å². The molecular formula is C32H37N3O3S. The Labute approximate surface area is 231 Å². The number of sulfone groups is 1. The summed E-state index contributed by atoms with van der Waals surface area (Å²) in [7, 11) is -3.23. The van der Waals surface area contributed by atoms with Gasteiger partial charge in [0.25, 0.3) is 0 Å². The number of nitrogens with zero attached hydrogens (tertiary/aromatic N) is 2. The molecule has 2 aromatic heterocycles. The minimum atomic E-state index is -3.23. The summed E-state index contributed by atoms with van der Waals surface area (Å²) in [5.41, 5.74) is 4.30. The highest BCUT2D eigenvalue weighted by Gasteiger charge is 2.30. The average Bonchev–Trinajstić information content (AvgIpc) is 3.61. The van der Waals surface area contributed by atoms with Crippen molar-refractivity contribution in [3.63, 3.8) is 0 Å². The summed E-state index contributed by atoms with van der Waals surface area (Å²) in [5, 5.41) is 4.30. The standard InChI is InChI=1S/C32H37N3O3S/c1-39(37,38)27-18-16-24(17-19-27)22-34-32(36)28(25-12-5-6-13-25)14-7-8-21-35-23-30(26-10-3-2-4-11-26)29-15-9-20-33-31(29)35/h2-4,9-11,15-20,23,25,28H,5-8,12-14,21-22H2,1H3,(H,34,36). The topological polar surface area (TPSA) is 81.1 Å². The number of pyridine rings is 1. The molecule has 1 saturated carbocycles. The quantitative estimate of drug-likeness (QED) is 0.222. The van der Waals surface area contributed by atoms with Crippen LogP contribution < -0.4 is 5.32 Å². The second-order valence-corrected chi connectivity index (χ2v) is 12.8. The van der Waals surface area contributed by atoms with Gasteiger partial charge in [0.1, 0.15) is 5.65 Å². The Morgan fingerprint density at radius 1 is 1.00 bits per heavy atom. The van der Waals surface area contributed by atoms with Crippen molar-refractivity contribution in [3.8, 4) is 11.1 Å². The van der Waals surface area contributed by atoms with Crippen molar-refractivity contribution in [2.45, 2.75) is 62.9 Å². The normalized spacial score (nSPS) is 15.0. The minimum Gasteiger partial charge on any atom is -0.352 e. The van der Waals surface area contributed by atoms with Crippen molar-refractivity contribution in [1.29, 1.82) is 0 Å². The lowest BCUT2D eigenvalue weighted by molar-refractivity contribution is -0.127. The van der Waals surface area contributed by atoms with Crippen LogP contribution in [0.1, 0.15) is 50.5 Å². The van der Waals surface area contributed by atoms with E-state index in [-0.39, 0.29) is 11.8 Å². The number of nitrogens with one attached hydrogen (secondary N) is 1. The lowest BCUT2D eigenvalue weighted by Crippen LogP contribution is -2.34. The highest BCUT2D eigenvalue weighted by Crippen LogP contribution is 2.35. The van der Waals surface area contributed by atoms with Gasteiger partial charge in [0.15, 0.2) is 9.84 Å². The molecule has 1 aliphatic rings.